The first-order chi connectivity index (χ1) is 16.1. The van der Waals surface area contributed by atoms with Gasteiger partial charge >= 0.3 is 0 Å². The summed E-state index contributed by atoms with van der Waals surface area (Å²) in [6, 6.07) is 6.63. The van der Waals surface area contributed by atoms with E-state index in [1.165, 1.54) is 24.9 Å². The summed E-state index contributed by atoms with van der Waals surface area (Å²) in [5, 5.41) is 9.55. The molecule has 33 heavy (non-hydrogen) atoms. The average molecular weight is 465 g/mol. The molecule has 4 aromatic rings. The molecule has 8 nitrogen and oxygen atoms in total. The zero-order valence-corrected chi connectivity index (χ0v) is 20.1. The van der Waals surface area contributed by atoms with Crippen LogP contribution in [0.3, 0.4) is 0 Å². The maximum absolute atomic E-state index is 5.80. The molecule has 1 aromatic carbocycles. The third-order valence-corrected chi connectivity index (χ3v) is 8.27. The van der Waals surface area contributed by atoms with Crippen molar-refractivity contribution in [1.29, 1.82) is 0 Å². The van der Waals surface area contributed by atoms with Gasteiger partial charge in [0.25, 0.3) is 0 Å². The molecule has 2 unspecified atom stereocenters. The van der Waals surface area contributed by atoms with E-state index in [1.807, 2.05) is 18.5 Å². The fourth-order valence-electron chi connectivity index (χ4n) is 5.25. The molecule has 172 valence electrons. The first-order valence-electron chi connectivity index (χ1n) is 11.6. The van der Waals surface area contributed by atoms with Gasteiger partial charge in [0, 0.05) is 37.7 Å². The average Bonchev–Trinajstić information content (AvgIpc) is 3.28. The highest BCUT2D eigenvalue weighted by molar-refractivity contribution is 7.99. The van der Waals surface area contributed by atoms with Gasteiger partial charge in [-0.15, -0.1) is 10.2 Å². The van der Waals surface area contributed by atoms with Crippen LogP contribution in [0.15, 0.2) is 38.6 Å². The third kappa shape index (κ3) is 3.58. The Morgan fingerprint density at radius 1 is 1.27 bits per heavy atom. The van der Waals surface area contributed by atoms with Crippen molar-refractivity contribution < 1.29 is 8.83 Å². The smallest absolute Gasteiger partial charge is 0.202 e. The molecule has 0 bridgehead atoms. The summed E-state index contributed by atoms with van der Waals surface area (Å²) in [4.78, 5) is 11.4. The number of thioether (sulfide) groups is 1. The largest absolute Gasteiger partial charge is 0.441 e. The maximum Gasteiger partial charge on any atom is 0.202 e. The van der Waals surface area contributed by atoms with Crippen LogP contribution >= 0.6 is 11.8 Å². The molecule has 1 aliphatic carbocycles. The Labute approximate surface area is 196 Å². The summed E-state index contributed by atoms with van der Waals surface area (Å²) in [5.74, 6) is 4.02. The lowest BCUT2D eigenvalue weighted by Crippen LogP contribution is -2.27. The predicted octanol–water partition coefficient (Wildman–Crippen LogP) is 4.24. The zero-order chi connectivity index (χ0) is 22.6. The van der Waals surface area contributed by atoms with Gasteiger partial charge in [0.2, 0.25) is 5.82 Å². The van der Waals surface area contributed by atoms with E-state index >= 15 is 0 Å². The highest BCUT2D eigenvalue weighted by Crippen LogP contribution is 2.59. The van der Waals surface area contributed by atoms with Crippen LogP contribution in [-0.2, 0) is 18.9 Å². The van der Waals surface area contributed by atoms with Crippen molar-refractivity contribution in [2.24, 2.45) is 13.0 Å². The van der Waals surface area contributed by atoms with Crippen LogP contribution in [0.1, 0.15) is 36.9 Å². The van der Waals surface area contributed by atoms with Crippen LogP contribution in [0.4, 0.5) is 0 Å². The number of fused-ring (bicyclic) bond motifs is 2. The van der Waals surface area contributed by atoms with Gasteiger partial charge in [0.1, 0.15) is 5.52 Å². The highest BCUT2D eigenvalue weighted by atomic mass is 32.2. The first-order valence-corrected chi connectivity index (χ1v) is 12.6. The van der Waals surface area contributed by atoms with Gasteiger partial charge in [-0.1, -0.05) is 24.8 Å². The van der Waals surface area contributed by atoms with E-state index in [4.69, 9.17) is 8.83 Å². The first kappa shape index (κ1) is 20.9. The minimum atomic E-state index is 0.320. The second-order valence-electron chi connectivity index (χ2n) is 9.27. The van der Waals surface area contributed by atoms with Crippen molar-refractivity contribution in [2.45, 2.75) is 43.7 Å². The molecule has 2 aliphatic rings. The molecule has 0 spiro atoms. The Kier molecular flexibility index (Phi) is 5.06. The fraction of sp³-hybridized carbons (Fsp3) is 0.500. The van der Waals surface area contributed by atoms with Crippen molar-refractivity contribution in [1.82, 2.24) is 29.6 Å². The molecule has 1 saturated carbocycles. The molecule has 1 aliphatic heterocycles. The molecule has 0 N–H and O–H groups in total. The number of aryl methyl sites for hydroxylation is 2. The summed E-state index contributed by atoms with van der Waals surface area (Å²) < 4.78 is 13.3. The molecule has 6 rings (SSSR count). The summed E-state index contributed by atoms with van der Waals surface area (Å²) in [6.45, 7) is 7.45. The van der Waals surface area contributed by atoms with Gasteiger partial charge in [0.05, 0.1) is 5.69 Å². The molecular formula is C24H28N6O2S. The van der Waals surface area contributed by atoms with E-state index in [1.54, 1.807) is 11.8 Å². The summed E-state index contributed by atoms with van der Waals surface area (Å²) >= 11 is 1.75. The lowest BCUT2D eigenvalue weighted by atomic mass is 9.95. The van der Waals surface area contributed by atoms with Crippen LogP contribution < -0.4 is 0 Å². The molecular weight excluding hydrogens is 436 g/mol. The van der Waals surface area contributed by atoms with E-state index in [9.17, 15) is 0 Å². The highest BCUT2D eigenvalue weighted by Gasteiger charge is 2.60. The van der Waals surface area contributed by atoms with Crippen LogP contribution in [0, 0.1) is 12.8 Å². The Hall–Kier alpha value is -2.65. The van der Waals surface area contributed by atoms with Crippen molar-refractivity contribution in [3.63, 3.8) is 0 Å². The third-order valence-electron chi connectivity index (χ3n) is 7.16. The van der Waals surface area contributed by atoms with Crippen LogP contribution in [-0.4, -0.2) is 55.0 Å². The van der Waals surface area contributed by atoms with Crippen molar-refractivity contribution in [2.75, 3.05) is 25.4 Å². The van der Waals surface area contributed by atoms with E-state index < -0.39 is 0 Å². The second kappa shape index (κ2) is 7.99. The van der Waals surface area contributed by atoms with E-state index in [0.29, 0.717) is 11.2 Å². The molecule has 0 amide bonds. The van der Waals surface area contributed by atoms with Crippen molar-refractivity contribution in [3.8, 4) is 11.6 Å². The minimum Gasteiger partial charge on any atom is -0.441 e. The van der Waals surface area contributed by atoms with Crippen LogP contribution in [0.2, 0.25) is 0 Å². The number of hydrogen-bond acceptors (Lipinski definition) is 8. The maximum atomic E-state index is 5.80. The zero-order valence-electron chi connectivity index (χ0n) is 19.2. The number of likely N-dealkylation sites (tertiary alicyclic amines) is 1. The minimum absolute atomic E-state index is 0.320. The Morgan fingerprint density at radius 3 is 3.00 bits per heavy atom. The predicted molar refractivity (Wildman–Crippen MR) is 126 cm³/mol. The molecule has 1 saturated heterocycles. The number of piperidine rings is 1. The van der Waals surface area contributed by atoms with Crippen LogP contribution in [0.5, 0.6) is 0 Å². The lowest BCUT2D eigenvalue weighted by molar-refractivity contribution is 0.299. The Bertz CT molecular complexity index is 1310. The van der Waals surface area contributed by atoms with Gasteiger partial charge < -0.3 is 18.3 Å². The SMILES string of the molecule is CCc1nc2cc(C34CC3CN(CCCSc3nnc(-c5ocnc5C)n3C)C4)ccc2o1. The number of oxazole rings is 2. The van der Waals surface area contributed by atoms with Gasteiger partial charge in [-0.3, -0.25) is 0 Å². The summed E-state index contributed by atoms with van der Waals surface area (Å²) in [5.41, 5.74) is 4.49. The van der Waals surface area contributed by atoms with Gasteiger partial charge in [-0.2, -0.15) is 0 Å². The quantitative estimate of drug-likeness (QED) is 0.283. The molecule has 3 aromatic heterocycles. The van der Waals surface area contributed by atoms with Crippen molar-refractivity contribution in [3.05, 3.63) is 41.7 Å². The molecule has 0 radical (unpaired) electrons. The monoisotopic (exact) mass is 464 g/mol. The fourth-order valence-corrected chi connectivity index (χ4v) is 6.08. The van der Waals surface area contributed by atoms with Gasteiger partial charge in [-0.05, 0) is 49.9 Å². The second-order valence-corrected chi connectivity index (χ2v) is 10.3. The van der Waals surface area contributed by atoms with Crippen molar-refractivity contribution >= 4 is 22.9 Å². The van der Waals surface area contributed by atoms with Gasteiger partial charge in [0.15, 0.2) is 28.8 Å². The lowest BCUT2D eigenvalue weighted by Gasteiger charge is -2.21. The summed E-state index contributed by atoms with van der Waals surface area (Å²) in [6.07, 6.45) is 4.70. The topological polar surface area (TPSA) is 86.0 Å². The molecule has 9 heteroatoms. The Morgan fingerprint density at radius 2 is 2.18 bits per heavy atom. The molecule has 2 atom stereocenters. The van der Waals surface area contributed by atoms with E-state index in [2.05, 4.69) is 50.2 Å². The number of aromatic nitrogens is 5. The number of hydrogen-bond donors (Lipinski definition) is 0. The van der Waals surface area contributed by atoms with Crippen LogP contribution in [0.25, 0.3) is 22.7 Å². The Balaban J connectivity index is 1.04. The van der Waals surface area contributed by atoms with E-state index in [-0.39, 0.29) is 0 Å². The van der Waals surface area contributed by atoms with Gasteiger partial charge in [-0.25, -0.2) is 9.97 Å². The van der Waals surface area contributed by atoms with E-state index in [0.717, 1.165) is 71.3 Å². The standard InChI is InChI=1S/C24H28N6O2S/c1-4-20-26-18-10-16(6-7-19(18)32-20)24-11-17(24)12-30(13-24)8-5-9-33-23-28-27-22(29(23)3)21-15(2)25-14-31-21/h6-7,10,14,17H,4-5,8-9,11-13H2,1-3H3. The molecule has 4 heterocycles. The normalized spacial score (nSPS) is 22.3. The number of rotatable bonds is 8. The molecule has 2 fully saturated rings. The number of nitrogens with zero attached hydrogens (tertiary/aromatic N) is 6. The summed E-state index contributed by atoms with van der Waals surface area (Å²) in [7, 11) is 1.98. The number of benzene rings is 1.